The highest BCUT2D eigenvalue weighted by Crippen LogP contribution is 2.31. The van der Waals surface area contributed by atoms with Crippen LogP contribution in [0.3, 0.4) is 0 Å². The van der Waals surface area contributed by atoms with Crippen molar-refractivity contribution in [3.05, 3.63) is 88.2 Å². The molecule has 5 rings (SSSR count). The molecule has 7 nitrogen and oxygen atoms in total. The molecule has 0 spiro atoms. The Morgan fingerprint density at radius 3 is 2.79 bits per heavy atom. The fraction of sp³-hybridized carbons (Fsp3) is 0.130. The summed E-state index contributed by atoms with van der Waals surface area (Å²) in [6.45, 7) is 3.17. The first kappa shape index (κ1) is 22.3. The Labute approximate surface area is 214 Å². The number of aromatic amines is 1. The van der Waals surface area contributed by atoms with Crippen molar-refractivity contribution in [3.63, 3.8) is 0 Å². The highest BCUT2D eigenvalue weighted by atomic mass is 127. The maximum absolute atomic E-state index is 6.35. The number of hydrogen-bond donors (Lipinski definition) is 1. The predicted octanol–water partition coefficient (Wildman–Crippen LogP) is 6.15. The van der Waals surface area contributed by atoms with Crippen LogP contribution in [0.1, 0.15) is 17.1 Å². The summed E-state index contributed by atoms with van der Waals surface area (Å²) in [5.74, 6) is 0.814. The first-order valence-electron chi connectivity index (χ1n) is 10.1. The minimum atomic E-state index is 0.577. The number of aryl methyl sites for hydroxylation is 1. The normalized spacial score (nSPS) is 11.5. The number of aromatic nitrogens is 6. The fourth-order valence-corrected chi connectivity index (χ4v) is 4.66. The molecule has 33 heavy (non-hydrogen) atoms. The van der Waals surface area contributed by atoms with Crippen LogP contribution >= 0.6 is 46.1 Å². The molecule has 5 aromatic rings. The summed E-state index contributed by atoms with van der Waals surface area (Å²) in [4.78, 5) is 17.3. The number of pyridine rings is 2. The van der Waals surface area contributed by atoms with Crippen LogP contribution in [-0.4, -0.2) is 32.7 Å². The number of H-pyrrole nitrogens is 1. The van der Waals surface area contributed by atoms with Crippen molar-refractivity contribution in [3.8, 4) is 22.6 Å². The maximum atomic E-state index is 6.35. The van der Waals surface area contributed by atoms with E-state index in [9.17, 15) is 0 Å². The zero-order valence-electron chi connectivity index (χ0n) is 17.5. The summed E-state index contributed by atoms with van der Waals surface area (Å²) in [6.07, 6.45) is 3.47. The summed E-state index contributed by atoms with van der Waals surface area (Å²) in [5, 5.41) is 5.61. The van der Waals surface area contributed by atoms with Crippen molar-refractivity contribution in [2.75, 3.05) is 0 Å². The van der Waals surface area contributed by atoms with Gasteiger partial charge in [-0.1, -0.05) is 29.3 Å². The van der Waals surface area contributed by atoms with Gasteiger partial charge in [0.1, 0.15) is 17.8 Å². The lowest BCUT2D eigenvalue weighted by molar-refractivity contribution is 0.490. The molecule has 0 fully saturated rings. The molecule has 4 heterocycles. The number of imidazole rings is 1. The van der Waals surface area contributed by atoms with Crippen molar-refractivity contribution in [1.29, 1.82) is 0 Å². The van der Waals surface area contributed by atoms with Crippen molar-refractivity contribution < 1.29 is 0 Å². The van der Waals surface area contributed by atoms with Crippen molar-refractivity contribution in [2.45, 2.75) is 20.0 Å². The molecular formula is C23H18Cl2IN7. The molecular weight excluding hydrogens is 572 g/mol. The zero-order valence-corrected chi connectivity index (χ0v) is 21.2. The van der Waals surface area contributed by atoms with E-state index in [1.54, 1.807) is 10.6 Å². The Kier molecular flexibility index (Phi) is 6.33. The number of nitrogens with one attached hydrogen (secondary N) is 1. The largest absolute Gasteiger partial charge is 0.340 e. The Balaban J connectivity index is 1.50. The highest BCUT2D eigenvalue weighted by Gasteiger charge is 2.18. The third-order valence-electron chi connectivity index (χ3n) is 5.12. The van der Waals surface area contributed by atoms with Crippen LogP contribution in [0, 0.1) is 6.92 Å². The van der Waals surface area contributed by atoms with E-state index >= 15 is 0 Å². The Morgan fingerprint density at radius 1 is 1.06 bits per heavy atom. The second kappa shape index (κ2) is 9.38. The van der Waals surface area contributed by atoms with E-state index in [0.717, 1.165) is 45.4 Å². The van der Waals surface area contributed by atoms with E-state index < -0.39 is 0 Å². The minimum Gasteiger partial charge on any atom is -0.340 e. The molecule has 10 heteroatoms. The molecule has 0 saturated heterocycles. The lowest BCUT2D eigenvalue weighted by atomic mass is 10.1. The van der Waals surface area contributed by atoms with E-state index in [0.29, 0.717) is 23.1 Å². The van der Waals surface area contributed by atoms with Gasteiger partial charge in [-0.05, 0) is 55.0 Å². The van der Waals surface area contributed by atoms with Crippen LogP contribution in [0.5, 0.6) is 0 Å². The van der Waals surface area contributed by atoms with Gasteiger partial charge in [-0.2, -0.15) is 5.10 Å². The zero-order chi connectivity index (χ0) is 22.9. The van der Waals surface area contributed by atoms with Crippen LogP contribution in [0.4, 0.5) is 0 Å². The number of nitrogens with zero attached hydrogens (tertiary/aromatic N) is 6. The average Bonchev–Trinajstić information content (AvgIpc) is 3.42. The monoisotopic (exact) mass is 589 g/mol. The molecule has 0 aliphatic rings. The van der Waals surface area contributed by atoms with E-state index in [2.05, 4.69) is 41.0 Å². The SMILES string of the molecule is Cc1cccc(-c2nc(CN(I)Cc3cc(Cl)ccc3Cl)[nH]c2-c2ccc3ncnn3c2)n1. The van der Waals surface area contributed by atoms with Gasteiger partial charge in [0.2, 0.25) is 0 Å². The second-order valence-corrected chi connectivity index (χ2v) is 9.77. The van der Waals surface area contributed by atoms with E-state index in [1.807, 2.05) is 55.6 Å². The number of halogens is 3. The smallest absolute Gasteiger partial charge is 0.155 e. The molecule has 166 valence electrons. The van der Waals surface area contributed by atoms with Crippen molar-refractivity contribution >= 4 is 51.7 Å². The second-order valence-electron chi connectivity index (χ2n) is 7.57. The molecule has 0 aliphatic carbocycles. The highest BCUT2D eigenvalue weighted by molar-refractivity contribution is 14.1. The van der Waals surface area contributed by atoms with Crippen LogP contribution in [0.25, 0.3) is 28.3 Å². The summed E-state index contributed by atoms with van der Waals surface area (Å²) < 4.78 is 3.85. The first-order valence-corrected chi connectivity index (χ1v) is 11.9. The molecule has 0 atom stereocenters. The maximum Gasteiger partial charge on any atom is 0.155 e. The molecule has 0 unspecified atom stereocenters. The number of benzene rings is 1. The van der Waals surface area contributed by atoms with Gasteiger partial charge in [0.25, 0.3) is 0 Å². The van der Waals surface area contributed by atoms with Crippen LogP contribution in [0.15, 0.2) is 61.1 Å². The van der Waals surface area contributed by atoms with Gasteiger partial charge in [-0.25, -0.2) is 17.6 Å². The van der Waals surface area contributed by atoms with E-state index in [1.165, 1.54) is 6.33 Å². The van der Waals surface area contributed by atoms with Gasteiger partial charge in [0, 0.05) is 56.9 Å². The van der Waals surface area contributed by atoms with Gasteiger partial charge >= 0.3 is 0 Å². The Morgan fingerprint density at radius 2 is 1.94 bits per heavy atom. The van der Waals surface area contributed by atoms with Gasteiger partial charge in [-0.15, -0.1) is 0 Å². The molecule has 0 saturated carbocycles. The van der Waals surface area contributed by atoms with Crippen LogP contribution in [-0.2, 0) is 13.1 Å². The molecule has 0 amide bonds. The van der Waals surface area contributed by atoms with Crippen molar-refractivity contribution in [1.82, 2.24) is 32.7 Å². The topological polar surface area (TPSA) is 75.0 Å². The summed E-state index contributed by atoms with van der Waals surface area (Å²) in [5.41, 5.74) is 6.10. The standard InChI is InChI=1S/C23H18Cl2IN7/c1-14-3-2-4-19(29-14)23-22(15-5-8-21-27-13-28-33(21)11-15)30-20(31-23)12-32(26)10-16-9-17(24)6-7-18(16)25/h2-9,11,13H,10,12H2,1H3,(H,30,31). The Bertz CT molecular complexity index is 1450. The molecule has 1 aromatic carbocycles. The van der Waals surface area contributed by atoms with E-state index in [4.69, 9.17) is 33.2 Å². The average molecular weight is 590 g/mol. The van der Waals surface area contributed by atoms with Crippen LogP contribution < -0.4 is 0 Å². The van der Waals surface area contributed by atoms with Gasteiger partial charge in [-0.3, -0.25) is 4.98 Å². The fourth-order valence-electron chi connectivity index (χ4n) is 3.60. The van der Waals surface area contributed by atoms with Crippen molar-refractivity contribution in [2.24, 2.45) is 0 Å². The molecule has 1 N–H and O–H groups in total. The summed E-state index contributed by atoms with van der Waals surface area (Å²) >= 11 is 14.8. The third kappa shape index (κ3) is 4.89. The van der Waals surface area contributed by atoms with Gasteiger partial charge < -0.3 is 4.98 Å². The minimum absolute atomic E-state index is 0.577. The number of rotatable bonds is 6. The summed E-state index contributed by atoms with van der Waals surface area (Å²) in [6, 6.07) is 15.4. The lowest BCUT2D eigenvalue weighted by Gasteiger charge is -2.14. The third-order valence-corrected chi connectivity index (χ3v) is 6.40. The molecule has 4 aromatic heterocycles. The summed E-state index contributed by atoms with van der Waals surface area (Å²) in [7, 11) is 0. The first-order chi connectivity index (χ1) is 16.0. The van der Waals surface area contributed by atoms with Gasteiger partial charge in [0.05, 0.1) is 17.9 Å². The Hall–Kier alpha value is -2.53. The molecule has 0 bridgehead atoms. The lowest BCUT2D eigenvalue weighted by Crippen LogP contribution is -2.12. The van der Waals surface area contributed by atoms with E-state index in [-0.39, 0.29) is 0 Å². The molecule has 0 radical (unpaired) electrons. The number of hydrogen-bond acceptors (Lipinski definition) is 5. The van der Waals surface area contributed by atoms with Crippen LogP contribution in [0.2, 0.25) is 10.0 Å². The molecule has 0 aliphatic heterocycles. The van der Waals surface area contributed by atoms with Gasteiger partial charge in [0.15, 0.2) is 5.65 Å². The quantitative estimate of drug-likeness (QED) is 0.190. The number of fused-ring (bicyclic) bond motifs is 1. The predicted molar refractivity (Wildman–Crippen MR) is 138 cm³/mol.